The van der Waals surface area contributed by atoms with Crippen LogP contribution in [-0.2, 0) is 13.5 Å². The van der Waals surface area contributed by atoms with Crippen molar-refractivity contribution in [2.75, 3.05) is 0 Å². The molecule has 0 saturated carbocycles. The van der Waals surface area contributed by atoms with Crippen LogP contribution in [0.1, 0.15) is 37.5 Å². The van der Waals surface area contributed by atoms with Gasteiger partial charge in [-0.1, -0.05) is 63.2 Å². The number of thiophene rings is 1. The summed E-state index contributed by atoms with van der Waals surface area (Å²) < 4.78 is 11.9. The van der Waals surface area contributed by atoms with Crippen LogP contribution in [0.3, 0.4) is 0 Å². The van der Waals surface area contributed by atoms with Crippen LogP contribution in [0.25, 0.3) is 53.0 Å². The second-order valence-electron chi connectivity index (χ2n) is 11.6. The third kappa shape index (κ3) is 2.93. The average Bonchev–Trinajstić information content (AvgIpc) is 3.23. The maximum absolute atomic E-state index is 7.00. The van der Waals surface area contributed by atoms with Crippen LogP contribution in [0.2, 0.25) is 0 Å². The molecule has 2 aromatic heterocycles. The van der Waals surface area contributed by atoms with Crippen molar-refractivity contribution in [2.24, 2.45) is 12.5 Å². The lowest BCUT2D eigenvalue weighted by Gasteiger charge is -2.24. The Morgan fingerprint density at radius 3 is 2.28 bits per heavy atom. The molecule has 0 unspecified atom stereocenters. The third-order valence-electron chi connectivity index (χ3n) is 7.76. The van der Waals surface area contributed by atoms with Crippen molar-refractivity contribution in [1.29, 1.82) is 0 Å². The van der Waals surface area contributed by atoms with E-state index >= 15 is 0 Å². The fourth-order valence-corrected chi connectivity index (χ4v) is 7.45. The van der Waals surface area contributed by atoms with Crippen molar-refractivity contribution in [2.45, 2.75) is 41.0 Å². The molecule has 2 nitrogen and oxygen atoms in total. The fraction of sp³-hybridized carbons (Fsp3) is 0.242. The largest absolute Gasteiger partial charge is 0.454 e. The first-order chi connectivity index (χ1) is 17.2. The highest BCUT2D eigenvalue weighted by atomic mass is 32.1. The van der Waals surface area contributed by atoms with Gasteiger partial charge in [-0.25, -0.2) is 4.57 Å². The number of ether oxygens (including phenoxy) is 1. The van der Waals surface area contributed by atoms with E-state index in [0.717, 1.165) is 17.9 Å². The van der Waals surface area contributed by atoms with Crippen molar-refractivity contribution in [3.05, 3.63) is 77.5 Å². The lowest BCUT2D eigenvalue weighted by atomic mass is 9.87. The van der Waals surface area contributed by atoms with Crippen LogP contribution in [-0.4, -0.2) is 0 Å². The molecule has 0 spiro atoms. The summed E-state index contributed by atoms with van der Waals surface area (Å²) in [7, 11) is 2.16. The molecule has 1 aliphatic rings. The molecule has 0 N–H and O–H groups in total. The number of fused-ring (bicyclic) bond motifs is 7. The Morgan fingerprint density at radius 1 is 0.806 bits per heavy atom. The summed E-state index contributed by atoms with van der Waals surface area (Å²) in [6.45, 7) is 11.4. The molecule has 0 radical (unpaired) electrons. The Balaban J connectivity index is 1.64. The highest BCUT2D eigenvalue weighted by Crippen LogP contribution is 2.54. The lowest BCUT2D eigenvalue weighted by molar-refractivity contribution is -0.659. The first-order valence-electron chi connectivity index (χ1n) is 12.7. The number of nitrogens with zero attached hydrogens (tertiary/aromatic N) is 1. The molecule has 4 aromatic carbocycles. The third-order valence-corrected chi connectivity index (χ3v) is 9.06. The summed E-state index contributed by atoms with van der Waals surface area (Å²) in [6, 6.07) is 20.1. The van der Waals surface area contributed by atoms with Crippen LogP contribution in [0.4, 0.5) is 0 Å². The lowest BCUT2D eigenvalue weighted by Crippen LogP contribution is -2.32. The molecule has 7 rings (SSSR count). The molecule has 3 heteroatoms. The summed E-state index contributed by atoms with van der Waals surface area (Å²) in [6.07, 6.45) is 3.26. The van der Waals surface area contributed by atoms with E-state index < -0.39 is 0 Å². The van der Waals surface area contributed by atoms with Gasteiger partial charge in [-0.2, -0.15) is 0 Å². The van der Waals surface area contributed by atoms with Gasteiger partial charge < -0.3 is 4.74 Å². The zero-order valence-electron chi connectivity index (χ0n) is 21.7. The highest BCUT2D eigenvalue weighted by molar-refractivity contribution is 7.26. The van der Waals surface area contributed by atoms with Gasteiger partial charge in [0.05, 0.1) is 15.6 Å². The van der Waals surface area contributed by atoms with Gasteiger partial charge in [-0.05, 0) is 59.0 Å². The molecule has 178 valence electrons. The zero-order chi connectivity index (χ0) is 24.9. The number of benzene rings is 4. The Kier molecular flexibility index (Phi) is 4.43. The van der Waals surface area contributed by atoms with E-state index in [1.165, 1.54) is 69.7 Å². The number of hydrogen-bond acceptors (Lipinski definition) is 2. The minimum Gasteiger partial charge on any atom is -0.454 e. The van der Waals surface area contributed by atoms with Crippen LogP contribution < -0.4 is 9.30 Å². The van der Waals surface area contributed by atoms with Gasteiger partial charge in [0.25, 0.3) is 0 Å². The smallest absolute Gasteiger partial charge is 0.228 e. The molecular formula is C33H30NOS+. The molecule has 36 heavy (non-hydrogen) atoms. The molecule has 0 saturated heterocycles. The van der Waals surface area contributed by atoms with E-state index in [9.17, 15) is 0 Å². The summed E-state index contributed by atoms with van der Waals surface area (Å²) >= 11 is 1.90. The Bertz CT molecular complexity index is 1900. The number of pyridine rings is 1. The van der Waals surface area contributed by atoms with Gasteiger partial charge in [-0.3, -0.25) is 0 Å². The fourth-order valence-electron chi connectivity index (χ4n) is 6.18. The summed E-state index contributed by atoms with van der Waals surface area (Å²) in [5.41, 5.74) is 6.63. The number of aromatic nitrogens is 1. The molecular weight excluding hydrogens is 458 g/mol. The quantitative estimate of drug-likeness (QED) is 0.210. The second-order valence-corrected chi connectivity index (χ2v) is 12.6. The van der Waals surface area contributed by atoms with E-state index in [1.807, 2.05) is 11.3 Å². The second kappa shape index (κ2) is 7.30. The standard InChI is InChI=1S/C33H30NOS/c1-18-22-11-7-8-12-23(22)19(2)29-26(18)28-27-20(14-15-34(28)6)16-25-24-13-9-10-21(17-33(3,4)5)31(24)36-32(25)30(27)35-29/h7-16H,17H2,1-6H3/q+1. The molecule has 3 heterocycles. The van der Waals surface area contributed by atoms with E-state index in [2.05, 4.69) is 107 Å². The van der Waals surface area contributed by atoms with E-state index in [0.29, 0.717) is 0 Å². The number of rotatable bonds is 1. The van der Waals surface area contributed by atoms with Gasteiger partial charge in [0.1, 0.15) is 12.8 Å². The Morgan fingerprint density at radius 2 is 1.53 bits per heavy atom. The van der Waals surface area contributed by atoms with Gasteiger partial charge in [-0.15, -0.1) is 11.3 Å². The highest BCUT2D eigenvalue weighted by Gasteiger charge is 2.33. The average molecular weight is 489 g/mol. The molecule has 1 aliphatic heterocycles. The van der Waals surface area contributed by atoms with Gasteiger partial charge in [0, 0.05) is 27.1 Å². The van der Waals surface area contributed by atoms with Crippen LogP contribution in [0.5, 0.6) is 11.5 Å². The minimum atomic E-state index is 0.232. The maximum Gasteiger partial charge on any atom is 0.228 e. The van der Waals surface area contributed by atoms with E-state index in [-0.39, 0.29) is 5.41 Å². The maximum atomic E-state index is 7.00. The van der Waals surface area contributed by atoms with E-state index in [1.54, 1.807) is 0 Å². The topological polar surface area (TPSA) is 13.1 Å². The van der Waals surface area contributed by atoms with Gasteiger partial charge >= 0.3 is 0 Å². The van der Waals surface area contributed by atoms with Crippen LogP contribution in [0.15, 0.2) is 60.8 Å². The first-order valence-corrected chi connectivity index (χ1v) is 13.5. The minimum absolute atomic E-state index is 0.232. The summed E-state index contributed by atoms with van der Waals surface area (Å²) in [4.78, 5) is 0. The molecule has 0 bridgehead atoms. The van der Waals surface area contributed by atoms with Gasteiger partial charge in [0.2, 0.25) is 5.69 Å². The van der Waals surface area contributed by atoms with E-state index in [4.69, 9.17) is 4.74 Å². The normalized spacial score (nSPS) is 13.1. The number of aryl methyl sites for hydroxylation is 3. The monoisotopic (exact) mass is 488 g/mol. The van der Waals surface area contributed by atoms with Crippen molar-refractivity contribution >= 4 is 53.1 Å². The molecule has 0 fully saturated rings. The Labute approximate surface area is 215 Å². The zero-order valence-corrected chi connectivity index (χ0v) is 22.6. The SMILES string of the molecule is Cc1c2c(c(C)c3ccccc13)-c1c3c(c4sc5c(CC(C)(C)C)cccc5c4cc3cc[n+]1C)O2. The molecule has 0 amide bonds. The molecule has 6 aromatic rings. The molecule has 0 aliphatic carbocycles. The van der Waals surface area contributed by atoms with Crippen molar-refractivity contribution in [3.63, 3.8) is 0 Å². The first kappa shape index (κ1) is 21.8. The Hall–Kier alpha value is -3.43. The van der Waals surface area contributed by atoms with Crippen molar-refractivity contribution in [1.82, 2.24) is 0 Å². The van der Waals surface area contributed by atoms with Crippen molar-refractivity contribution < 1.29 is 9.30 Å². The predicted molar refractivity (Wildman–Crippen MR) is 154 cm³/mol. The number of hydrogen-bond donors (Lipinski definition) is 0. The predicted octanol–water partition coefficient (Wildman–Crippen LogP) is 9.16. The van der Waals surface area contributed by atoms with Crippen LogP contribution in [0, 0.1) is 19.3 Å². The van der Waals surface area contributed by atoms with Crippen LogP contribution >= 0.6 is 11.3 Å². The van der Waals surface area contributed by atoms with Crippen molar-refractivity contribution in [3.8, 4) is 22.8 Å². The summed E-state index contributed by atoms with van der Waals surface area (Å²) in [5, 5.41) is 7.66. The molecule has 0 atom stereocenters. The summed E-state index contributed by atoms with van der Waals surface area (Å²) in [5.74, 6) is 2.02. The van der Waals surface area contributed by atoms with Gasteiger partial charge in [0.15, 0.2) is 11.9 Å².